The molecule has 1 aliphatic heterocycles. The van der Waals surface area contributed by atoms with Crippen LogP contribution in [-0.4, -0.2) is 25.1 Å². The lowest BCUT2D eigenvalue weighted by Crippen LogP contribution is -2.31. The SMILES string of the molecule is COc1ccc(CCCN2CCc3ccc(C)cc3C2)cc1. The maximum Gasteiger partial charge on any atom is 0.118 e. The molecule has 0 radical (unpaired) electrons. The van der Waals surface area contributed by atoms with E-state index in [1.807, 2.05) is 0 Å². The molecule has 0 atom stereocenters. The van der Waals surface area contributed by atoms with Gasteiger partial charge in [-0.1, -0.05) is 35.9 Å². The van der Waals surface area contributed by atoms with Crippen LogP contribution in [0.2, 0.25) is 0 Å². The largest absolute Gasteiger partial charge is 0.497 e. The van der Waals surface area contributed by atoms with Gasteiger partial charge in [-0.3, -0.25) is 4.90 Å². The summed E-state index contributed by atoms with van der Waals surface area (Å²) in [7, 11) is 1.71. The quantitative estimate of drug-likeness (QED) is 0.827. The van der Waals surface area contributed by atoms with Gasteiger partial charge in [0.25, 0.3) is 0 Å². The van der Waals surface area contributed by atoms with Crippen molar-refractivity contribution in [3.05, 3.63) is 64.7 Å². The third-order valence-corrected chi connectivity index (χ3v) is 4.55. The van der Waals surface area contributed by atoms with Crippen molar-refractivity contribution in [2.24, 2.45) is 0 Å². The molecule has 0 aliphatic carbocycles. The highest BCUT2D eigenvalue weighted by molar-refractivity contribution is 5.33. The van der Waals surface area contributed by atoms with Crippen molar-refractivity contribution < 1.29 is 4.74 Å². The second kappa shape index (κ2) is 6.97. The van der Waals surface area contributed by atoms with Gasteiger partial charge in [-0.2, -0.15) is 0 Å². The number of ether oxygens (including phenoxy) is 1. The fraction of sp³-hybridized carbons (Fsp3) is 0.400. The molecule has 2 heteroatoms. The van der Waals surface area contributed by atoms with Crippen LogP contribution >= 0.6 is 0 Å². The van der Waals surface area contributed by atoms with Gasteiger partial charge in [-0.25, -0.2) is 0 Å². The van der Waals surface area contributed by atoms with E-state index in [2.05, 4.69) is 54.3 Å². The number of aryl methyl sites for hydroxylation is 2. The van der Waals surface area contributed by atoms with Gasteiger partial charge in [-0.05, 0) is 61.6 Å². The van der Waals surface area contributed by atoms with Crippen LogP contribution in [0.4, 0.5) is 0 Å². The van der Waals surface area contributed by atoms with Crippen LogP contribution in [-0.2, 0) is 19.4 Å². The zero-order valence-electron chi connectivity index (χ0n) is 13.6. The molecule has 0 bridgehead atoms. The third-order valence-electron chi connectivity index (χ3n) is 4.55. The molecule has 2 aromatic carbocycles. The predicted molar refractivity (Wildman–Crippen MR) is 91.5 cm³/mol. The van der Waals surface area contributed by atoms with Crippen molar-refractivity contribution >= 4 is 0 Å². The Bertz CT molecular complexity index is 618. The van der Waals surface area contributed by atoms with E-state index in [9.17, 15) is 0 Å². The number of hydrogen-bond acceptors (Lipinski definition) is 2. The number of hydrogen-bond donors (Lipinski definition) is 0. The van der Waals surface area contributed by atoms with Crippen molar-refractivity contribution in [3.63, 3.8) is 0 Å². The predicted octanol–water partition coefficient (Wildman–Crippen LogP) is 3.99. The molecule has 1 aliphatic rings. The summed E-state index contributed by atoms with van der Waals surface area (Å²) in [5, 5.41) is 0. The first-order valence-electron chi connectivity index (χ1n) is 8.18. The lowest BCUT2D eigenvalue weighted by Gasteiger charge is -2.29. The molecule has 0 amide bonds. The van der Waals surface area contributed by atoms with Crippen LogP contribution in [0.5, 0.6) is 5.75 Å². The minimum Gasteiger partial charge on any atom is -0.497 e. The topological polar surface area (TPSA) is 12.5 Å². The van der Waals surface area contributed by atoms with Crippen molar-refractivity contribution in [2.45, 2.75) is 32.7 Å². The molecule has 2 nitrogen and oxygen atoms in total. The summed E-state index contributed by atoms with van der Waals surface area (Å²) in [5.41, 5.74) is 5.83. The Balaban J connectivity index is 1.50. The lowest BCUT2D eigenvalue weighted by atomic mass is 9.97. The van der Waals surface area contributed by atoms with E-state index < -0.39 is 0 Å². The van der Waals surface area contributed by atoms with Crippen molar-refractivity contribution in [3.8, 4) is 5.75 Å². The summed E-state index contributed by atoms with van der Waals surface area (Å²) in [5.74, 6) is 0.937. The van der Waals surface area contributed by atoms with Gasteiger partial charge in [0.2, 0.25) is 0 Å². The molecular formula is C20H25NO. The van der Waals surface area contributed by atoms with E-state index in [0.29, 0.717) is 0 Å². The maximum absolute atomic E-state index is 5.20. The first-order valence-corrected chi connectivity index (χ1v) is 8.18. The van der Waals surface area contributed by atoms with E-state index >= 15 is 0 Å². The van der Waals surface area contributed by atoms with E-state index in [-0.39, 0.29) is 0 Å². The van der Waals surface area contributed by atoms with Crippen molar-refractivity contribution in [1.82, 2.24) is 4.90 Å². The Morgan fingerprint density at radius 1 is 1.05 bits per heavy atom. The summed E-state index contributed by atoms with van der Waals surface area (Å²) >= 11 is 0. The average Bonchev–Trinajstić information content (AvgIpc) is 2.55. The fourth-order valence-electron chi connectivity index (χ4n) is 3.23. The molecule has 22 heavy (non-hydrogen) atoms. The molecule has 1 heterocycles. The second-order valence-corrected chi connectivity index (χ2v) is 6.25. The normalized spacial score (nSPS) is 14.6. The molecule has 3 rings (SSSR count). The van der Waals surface area contributed by atoms with Crippen molar-refractivity contribution in [2.75, 3.05) is 20.2 Å². The minimum absolute atomic E-state index is 0.937. The first-order chi connectivity index (χ1) is 10.7. The van der Waals surface area contributed by atoms with Crippen LogP contribution in [0.3, 0.4) is 0 Å². The van der Waals surface area contributed by atoms with E-state index in [0.717, 1.165) is 18.7 Å². The standard InChI is InChI=1S/C20H25NO/c1-16-5-8-18-11-13-21(15-19(18)14-16)12-3-4-17-6-9-20(22-2)10-7-17/h5-10,14H,3-4,11-13,15H2,1-2H3. The summed E-state index contributed by atoms with van der Waals surface area (Å²) in [4.78, 5) is 2.59. The molecule has 0 fully saturated rings. The van der Waals surface area contributed by atoms with Gasteiger partial charge in [0.1, 0.15) is 5.75 Å². The molecular weight excluding hydrogens is 270 g/mol. The number of benzene rings is 2. The van der Waals surface area contributed by atoms with Crippen LogP contribution in [0.25, 0.3) is 0 Å². The molecule has 0 aromatic heterocycles. The Hall–Kier alpha value is -1.80. The smallest absolute Gasteiger partial charge is 0.118 e. The van der Waals surface area contributed by atoms with Gasteiger partial charge in [0.15, 0.2) is 0 Å². The van der Waals surface area contributed by atoms with Crippen LogP contribution in [0.1, 0.15) is 28.7 Å². The molecule has 0 unspecified atom stereocenters. The van der Waals surface area contributed by atoms with Crippen LogP contribution in [0, 0.1) is 6.92 Å². The highest BCUT2D eigenvalue weighted by atomic mass is 16.5. The summed E-state index contributed by atoms with van der Waals surface area (Å²) in [6.45, 7) is 5.67. The molecule has 0 saturated heterocycles. The second-order valence-electron chi connectivity index (χ2n) is 6.25. The summed E-state index contributed by atoms with van der Waals surface area (Å²) in [6, 6.07) is 15.3. The van der Waals surface area contributed by atoms with E-state index in [1.165, 1.54) is 48.2 Å². The van der Waals surface area contributed by atoms with Crippen LogP contribution in [0.15, 0.2) is 42.5 Å². The highest BCUT2D eigenvalue weighted by Crippen LogP contribution is 2.20. The lowest BCUT2D eigenvalue weighted by molar-refractivity contribution is 0.251. The van der Waals surface area contributed by atoms with Crippen LogP contribution < -0.4 is 4.74 Å². The van der Waals surface area contributed by atoms with Crippen molar-refractivity contribution in [1.29, 1.82) is 0 Å². The Morgan fingerprint density at radius 3 is 2.64 bits per heavy atom. The van der Waals surface area contributed by atoms with Gasteiger partial charge in [-0.15, -0.1) is 0 Å². The van der Waals surface area contributed by atoms with Gasteiger partial charge < -0.3 is 4.74 Å². The molecule has 0 N–H and O–H groups in total. The van der Waals surface area contributed by atoms with E-state index in [4.69, 9.17) is 4.74 Å². The van der Waals surface area contributed by atoms with Gasteiger partial charge in [0, 0.05) is 13.1 Å². The van der Waals surface area contributed by atoms with Gasteiger partial charge in [0.05, 0.1) is 7.11 Å². The highest BCUT2D eigenvalue weighted by Gasteiger charge is 2.15. The number of methoxy groups -OCH3 is 1. The zero-order valence-corrected chi connectivity index (χ0v) is 13.6. The molecule has 0 spiro atoms. The fourth-order valence-corrected chi connectivity index (χ4v) is 3.23. The summed E-state index contributed by atoms with van der Waals surface area (Å²) in [6.07, 6.45) is 3.55. The Morgan fingerprint density at radius 2 is 1.86 bits per heavy atom. The Kier molecular flexibility index (Phi) is 4.79. The average molecular weight is 295 g/mol. The molecule has 116 valence electrons. The van der Waals surface area contributed by atoms with E-state index in [1.54, 1.807) is 7.11 Å². The molecule has 2 aromatic rings. The van der Waals surface area contributed by atoms with Gasteiger partial charge >= 0.3 is 0 Å². The maximum atomic E-state index is 5.20. The first kappa shape index (κ1) is 15.1. The number of rotatable bonds is 5. The number of nitrogens with zero attached hydrogens (tertiary/aromatic N) is 1. The monoisotopic (exact) mass is 295 g/mol. The third kappa shape index (κ3) is 3.69. The summed E-state index contributed by atoms with van der Waals surface area (Å²) < 4.78 is 5.20. The number of fused-ring (bicyclic) bond motifs is 1. The minimum atomic E-state index is 0.937. The molecule has 0 saturated carbocycles. The zero-order chi connectivity index (χ0) is 15.4. The Labute approximate surface area is 133 Å².